The lowest BCUT2D eigenvalue weighted by Crippen LogP contribution is -2.37. The van der Waals surface area contributed by atoms with E-state index in [9.17, 15) is 14.4 Å². The molecule has 3 N–H and O–H groups in total. The van der Waals surface area contributed by atoms with Crippen LogP contribution in [0.15, 0.2) is 77.9 Å². The molecular formula is C29H32N4O5. The molecule has 0 aromatic heterocycles. The largest absolute Gasteiger partial charge is 0.490 e. The van der Waals surface area contributed by atoms with Crippen LogP contribution in [-0.4, -0.2) is 37.1 Å². The predicted molar refractivity (Wildman–Crippen MR) is 146 cm³/mol. The Morgan fingerprint density at radius 1 is 0.895 bits per heavy atom. The number of amides is 3. The molecule has 9 nitrogen and oxygen atoms in total. The highest BCUT2D eigenvalue weighted by molar-refractivity contribution is 6.35. The molecule has 0 saturated heterocycles. The van der Waals surface area contributed by atoms with Crippen molar-refractivity contribution in [3.05, 3.63) is 89.5 Å². The SMILES string of the molecule is CCOc1cc(/C=N\NC(=O)C(=O)NCc2ccc(C(C)C)cc2)ccc1OCC(=O)Nc1ccccc1. The van der Waals surface area contributed by atoms with Gasteiger partial charge in [0.2, 0.25) is 0 Å². The first-order valence-electron chi connectivity index (χ1n) is 12.3. The summed E-state index contributed by atoms with van der Waals surface area (Å²) in [5.74, 6) is -0.759. The van der Waals surface area contributed by atoms with Crippen molar-refractivity contribution in [3.63, 3.8) is 0 Å². The van der Waals surface area contributed by atoms with E-state index >= 15 is 0 Å². The van der Waals surface area contributed by atoms with E-state index in [4.69, 9.17) is 9.47 Å². The zero-order valence-corrected chi connectivity index (χ0v) is 21.7. The number of ether oxygens (including phenoxy) is 2. The van der Waals surface area contributed by atoms with Gasteiger partial charge in [-0.15, -0.1) is 0 Å². The number of hydrazone groups is 1. The summed E-state index contributed by atoms with van der Waals surface area (Å²) in [6.07, 6.45) is 1.38. The average Bonchev–Trinajstić information content (AvgIpc) is 2.92. The fourth-order valence-corrected chi connectivity index (χ4v) is 3.35. The number of benzene rings is 3. The molecule has 0 bridgehead atoms. The third-order valence-corrected chi connectivity index (χ3v) is 5.37. The van der Waals surface area contributed by atoms with Crippen molar-refractivity contribution < 1.29 is 23.9 Å². The summed E-state index contributed by atoms with van der Waals surface area (Å²) < 4.78 is 11.2. The van der Waals surface area contributed by atoms with Crippen LogP contribution in [0.2, 0.25) is 0 Å². The van der Waals surface area contributed by atoms with Gasteiger partial charge in [-0.25, -0.2) is 5.43 Å². The highest BCUT2D eigenvalue weighted by Gasteiger charge is 2.13. The van der Waals surface area contributed by atoms with E-state index in [1.165, 1.54) is 11.8 Å². The Balaban J connectivity index is 1.50. The highest BCUT2D eigenvalue weighted by atomic mass is 16.5. The van der Waals surface area contributed by atoms with Crippen LogP contribution in [0.5, 0.6) is 11.5 Å². The topological polar surface area (TPSA) is 118 Å². The molecule has 0 atom stereocenters. The summed E-state index contributed by atoms with van der Waals surface area (Å²) >= 11 is 0. The lowest BCUT2D eigenvalue weighted by molar-refractivity contribution is -0.139. The van der Waals surface area contributed by atoms with Gasteiger partial charge in [-0.05, 0) is 59.9 Å². The second kappa shape index (κ2) is 14.2. The van der Waals surface area contributed by atoms with E-state index in [1.807, 2.05) is 49.4 Å². The Morgan fingerprint density at radius 2 is 1.63 bits per heavy atom. The molecule has 0 saturated carbocycles. The van der Waals surface area contributed by atoms with Gasteiger partial charge < -0.3 is 20.1 Å². The summed E-state index contributed by atoms with van der Waals surface area (Å²) in [6, 6.07) is 21.9. The van der Waals surface area contributed by atoms with E-state index in [-0.39, 0.29) is 19.1 Å². The number of carbonyl (C=O) groups excluding carboxylic acids is 3. The van der Waals surface area contributed by atoms with E-state index in [1.54, 1.807) is 30.3 Å². The molecule has 0 unspecified atom stereocenters. The van der Waals surface area contributed by atoms with Crippen molar-refractivity contribution in [1.82, 2.24) is 10.7 Å². The maximum atomic E-state index is 12.2. The number of carbonyl (C=O) groups is 3. The second-order valence-electron chi connectivity index (χ2n) is 8.62. The summed E-state index contributed by atoms with van der Waals surface area (Å²) in [6.45, 7) is 6.45. The van der Waals surface area contributed by atoms with Gasteiger partial charge >= 0.3 is 11.8 Å². The van der Waals surface area contributed by atoms with Crippen molar-refractivity contribution in [1.29, 1.82) is 0 Å². The molecule has 198 valence electrons. The van der Waals surface area contributed by atoms with Gasteiger partial charge in [0.05, 0.1) is 12.8 Å². The molecule has 9 heteroatoms. The average molecular weight is 517 g/mol. The Morgan fingerprint density at radius 3 is 2.32 bits per heavy atom. The number of anilines is 1. The molecule has 0 fully saturated rings. The van der Waals surface area contributed by atoms with Crippen LogP contribution in [0.1, 0.15) is 43.4 Å². The van der Waals surface area contributed by atoms with Crippen LogP contribution in [0.25, 0.3) is 0 Å². The molecule has 0 radical (unpaired) electrons. The Kier molecular flexibility index (Phi) is 10.4. The maximum absolute atomic E-state index is 12.2. The van der Waals surface area contributed by atoms with Gasteiger partial charge in [-0.2, -0.15) is 5.10 Å². The molecule has 3 rings (SSSR count). The Bertz CT molecular complexity index is 1260. The third kappa shape index (κ3) is 8.77. The summed E-state index contributed by atoms with van der Waals surface area (Å²) in [5, 5.41) is 9.18. The first-order valence-corrected chi connectivity index (χ1v) is 12.3. The molecule has 0 aliphatic carbocycles. The zero-order chi connectivity index (χ0) is 27.3. The molecule has 3 aromatic carbocycles. The monoisotopic (exact) mass is 516 g/mol. The first-order chi connectivity index (χ1) is 18.4. The highest BCUT2D eigenvalue weighted by Crippen LogP contribution is 2.28. The first kappa shape index (κ1) is 27.9. The van der Waals surface area contributed by atoms with Crippen molar-refractivity contribution in [3.8, 4) is 11.5 Å². The number of para-hydroxylation sites is 1. The standard InChI is InChI=1S/C29H32N4O5/c1-4-37-26-16-22(12-15-25(26)38-19-27(34)32-24-8-6-5-7-9-24)18-31-33-29(36)28(35)30-17-21-10-13-23(14-11-21)20(2)3/h5-16,18,20H,4,17,19H2,1-3H3,(H,30,35)(H,32,34)(H,33,36)/b31-18-. The van der Waals surface area contributed by atoms with Crippen molar-refractivity contribution in [2.24, 2.45) is 5.10 Å². The van der Waals surface area contributed by atoms with Crippen LogP contribution in [-0.2, 0) is 20.9 Å². The lowest BCUT2D eigenvalue weighted by atomic mass is 10.0. The number of hydrogen-bond donors (Lipinski definition) is 3. The van der Waals surface area contributed by atoms with Crippen molar-refractivity contribution in [2.75, 3.05) is 18.5 Å². The Labute approximate surface area is 222 Å². The third-order valence-electron chi connectivity index (χ3n) is 5.37. The number of rotatable bonds is 11. The fourth-order valence-electron chi connectivity index (χ4n) is 3.35. The smallest absolute Gasteiger partial charge is 0.329 e. The molecule has 0 spiro atoms. The minimum absolute atomic E-state index is 0.199. The molecule has 0 heterocycles. The maximum Gasteiger partial charge on any atom is 0.329 e. The van der Waals surface area contributed by atoms with Gasteiger partial charge in [-0.1, -0.05) is 56.3 Å². The van der Waals surface area contributed by atoms with Gasteiger partial charge in [0.15, 0.2) is 18.1 Å². The van der Waals surface area contributed by atoms with E-state index in [0.29, 0.717) is 35.3 Å². The molecule has 0 aliphatic rings. The Hall–Kier alpha value is -4.66. The number of hydrogen-bond acceptors (Lipinski definition) is 6. The normalized spacial score (nSPS) is 10.7. The quantitative estimate of drug-likeness (QED) is 0.202. The van der Waals surface area contributed by atoms with Crippen LogP contribution in [0.4, 0.5) is 5.69 Å². The molecule has 3 aromatic rings. The van der Waals surface area contributed by atoms with E-state index in [0.717, 1.165) is 5.56 Å². The molecular weight excluding hydrogens is 484 g/mol. The van der Waals surface area contributed by atoms with Crippen molar-refractivity contribution >= 4 is 29.6 Å². The van der Waals surface area contributed by atoms with E-state index < -0.39 is 11.8 Å². The molecule has 38 heavy (non-hydrogen) atoms. The summed E-state index contributed by atoms with van der Waals surface area (Å²) in [7, 11) is 0. The summed E-state index contributed by atoms with van der Waals surface area (Å²) in [5.41, 5.74) is 5.58. The van der Waals surface area contributed by atoms with Crippen molar-refractivity contribution in [2.45, 2.75) is 33.2 Å². The van der Waals surface area contributed by atoms with Crippen LogP contribution < -0.4 is 25.5 Å². The number of nitrogens with zero attached hydrogens (tertiary/aromatic N) is 1. The second-order valence-corrected chi connectivity index (χ2v) is 8.62. The van der Waals surface area contributed by atoms with E-state index in [2.05, 4.69) is 35.0 Å². The zero-order valence-electron chi connectivity index (χ0n) is 21.7. The van der Waals surface area contributed by atoms with Gasteiger partial charge in [0, 0.05) is 12.2 Å². The minimum atomic E-state index is -0.880. The lowest BCUT2D eigenvalue weighted by Gasteiger charge is -2.12. The molecule has 0 aliphatic heterocycles. The van der Waals surface area contributed by atoms with Crippen LogP contribution in [0.3, 0.4) is 0 Å². The van der Waals surface area contributed by atoms with Gasteiger partial charge in [0.25, 0.3) is 5.91 Å². The van der Waals surface area contributed by atoms with Crippen LogP contribution in [0, 0.1) is 0 Å². The fraction of sp³-hybridized carbons (Fsp3) is 0.241. The summed E-state index contributed by atoms with van der Waals surface area (Å²) in [4.78, 5) is 36.4. The van der Waals surface area contributed by atoms with Gasteiger partial charge in [0.1, 0.15) is 0 Å². The minimum Gasteiger partial charge on any atom is -0.490 e. The van der Waals surface area contributed by atoms with Gasteiger partial charge in [-0.3, -0.25) is 14.4 Å². The van der Waals surface area contributed by atoms with Crippen LogP contribution >= 0.6 is 0 Å². The molecule has 3 amide bonds. The number of nitrogens with one attached hydrogen (secondary N) is 3. The predicted octanol–water partition coefficient (Wildman–Crippen LogP) is 3.99.